The minimum Gasteiger partial charge on any atom is -0.322 e. The third-order valence-corrected chi connectivity index (χ3v) is 5.43. The highest BCUT2D eigenvalue weighted by atomic mass is 16.2. The van der Waals surface area contributed by atoms with Crippen LogP contribution in [0.2, 0.25) is 0 Å². The summed E-state index contributed by atoms with van der Waals surface area (Å²) in [5.74, 6) is -0.794. The predicted octanol–water partition coefficient (Wildman–Crippen LogP) is 4.18. The third kappa shape index (κ3) is 3.25. The number of aryl methyl sites for hydroxylation is 1. The van der Waals surface area contributed by atoms with Gasteiger partial charge in [-0.2, -0.15) is 0 Å². The molecule has 0 bridgehead atoms. The fourth-order valence-corrected chi connectivity index (χ4v) is 3.91. The van der Waals surface area contributed by atoms with Gasteiger partial charge in [-0.15, -0.1) is 0 Å². The van der Waals surface area contributed by atoms with Crippen LogP contribution in [0.1, 0.15) is 68.7 Å². The fraction of sp³-hybridized carbons (Fsp3) is 0.318. The molecule has 5 heteroatoms. The summed E-state index contributed by atoms with van der Waals surface area (Å²) in [4.78, 5) is 39.5. The van der Waals surface area contributed by atoms with Gasteiger partial charge >= 0.3 is 0 Å². The van der Waals surface area contributed by atoms with Gasteiger partial charge in [0.15, 0.2) is 0 Å². The van der Waals surface area contributed by atoms with Crippen LogP contribution in [0.15, 0.2) is 42.5 Å². The number of hydrogen-bond acceptors (Lipinski definition) is 3. The molecule has 2 aromatic rings. The normalized spacial score (nSPS) is 17.1. The van der Waals surface area contributed by atoms with Gasteiger partial charge in [0.25, 0.3) is 17.7 Å². The first-order valence-electron chi connectivity index (χ1n) is 9.44. The monoisotopic (exact) mass is 362 g/mol. The Kier molecular flexibility index (Phi) is 4.52. The number of benzene rings is 2. The van der Waals surface area contributed by atoms with Crippen LogP contribution in [0, 0.1) is 6.92 Å². The van der Waals surface area contributed by atoms with Crippen LogP contribution < -0.4 is 5.32 Å². The van der Waals surface area contributed by atoms with Gasteiger partial charge in [0, 0.05) is 17.3 Å². The molecule has 1 N–H and O–H groups in total. The Morgan fingerprint density at radius 1 is 0.926 bits per heavy atom. The van der Waals surface area contributed by atoms with Crippen molar-refractivity contribution in [2.45, 2.75) is 45.1 Å². The Labute approximate surface area is 158 Å². The quantitative estimate of drug-likeness (QED) is 0.833. The van der Waals surface area contributed by atoms with Crippen molar-refractivity contribution in [2.24, 2.45) is 0 Å². The topological polar surface area (TPSA) is 66.5 Å². The molecule has 0 aromatic heterocycles. The second-order valence-corrected chi connectivity index (χ2v) is 7.35. The molecule has 138 valence electrons. The molecule has 0 atom stereocenters. The Bertz CT molecular complexity index is 912. The number of nitrogens with one attached hydrogen (secondary N) is 1. The number of nitrogens with zero attached hydrogens (tertiary/aromatic N) is 1. The predicted molar refractivity (Wildman–Crippen MR) is 103 cm³/mol. The molecule has 4 rings (SSSR count). The molecule has 2 aliphatic rings. The van der Waals surface area contributed by atoms with Crippen LogP contribution in [0.4, 0.5) is 5.69 Å². The molecule has 0 spiro atoms. The molecule has 3 amide bonds. The second-order valence-electron chi connectivity index (χ2n) is 7.35. The lowest BCUT2D eigenvalue weighted by molar-refractivity contribution is 0.0549. The van der Waals surface area contributed by atoms with Gasteiger partial charge in [0.1, 0.15) is 0 Å². The lowest BCUT2D eigenvalue weighted by Crippen LogP contribution is -2.40. The molecule has 1 heterocycles. The van der Waals surface area contributed by atoms with Gasteiger partial charge in [-0.05, 0) is 50.1 Å². The van der Waals surface area contributed by atoms with Crippen LogP contribution >= 0.6 is 0 Å². The van der Waals surface area contributed by atoms with Crippen LogP contribution in [0.3, 0.4) is 0 Å². The summed E-state index contributed by atoms with van der Waals surface area (Å²) < 4.78 is 0. The number of imide groups is 1. The van der Waals surface area contributed by atoms with Crippen molar-refractivity contribution < 1.29 is 14.4 Å². The van der Waals surface area contributed by atoms with Gasteiger partial charge in [0.2, 0.25) is 0 Å². The molecule has 0 radical (unpaired) electrons. The van der Waals surface area contributed by atoms with Gasteiger partial charge in [-0.25, -0.2) is 0 Å². The summed E-state index contributed by atoms with van der Waals surface area (Å²) in [6, 6.07) is 12.2. The van der Waals surface area contributed by atoms with E-state index in [2.05, 4.69) is 5.32 Å². The van der Waals surface area contributed by atoms with E-state index in [4.69, 9.17) is 0 Å². The third-order valence-electron chi connectivity index (χ3n) is 5.43. The Morgan fingerprint density at radius 2 is 1.59 bits per heavy atom. The van der Waals surface area contributed by atoms with Gasteiger partial charge in [0.05, 0.1) is 11.1 Å². The van der Waals surface area contributed by atoms with Crippen molar-refractivity contribution in [3.05, 3.63) is 64.7 Å². The lowest BCUT2D eigenvalue weighted by atomic mass is 9.94. The molecular formula is C22H22N2O3. The lowest BCUT2D eigenvalue weighted by Gasteiger charge is -2.29. The molecule has 1 aliphatic heterocycles. The summed E-state index contributed by atoms with van der Waals surface area (Å²) >= 11 is 0. The number of amides is 3. The number of anilines is 1. The zero-order valence-corrected chi connectivity index (χ0v) is 15.3. The van der Waals surface area contributed by atoms with Gasteiger partial charge in [-0.3, -0.25) is 19.3 Å². The molecule has 1 fully saturated rings. The van der Waals surface area contributed by atoms with Crippen molar-refractivity contribution in [3.63, 3.8) is 0 Å². The first-order valence-corrected chi connectivity index (χ1v) is 9.44. The van der Waals surface area contributed by atoms with E-state index in [1.54, 1.807) is 18.2 Å². The molecule has 1 aliphatic carbocycles. The maximum absolute atomic E-state index is 12.9. The SMILES string of the molecule is Cc1ccc(NC(=O)c2ccc3c(c2)C(=O)N(C2CCCCC2)C3=O)cc1. The molecule has 27 heavy (non-hydrogen) atoms. The largest absolute Gasteiger partial charge is 0.322 e. The van der Waals surface area contributed by atoms with Crippen molar-refractivity contribution >= 4 is 23.4 Å². The molecule has 1 saturated carbocycles. The van der Waals surface area contributed by atoms with E-state index < -0.39 is 0 Å². The minimum atomic E-state index is -0.294. The zero-order chi connectivity index (χ0) is 19.0. The smallest absolute Gasteiger partial charge is 0.261 e. The highest BCUT2D eigenvalue weighted by Crippen LogP contribution is 2.31. The van der Waals surface area contributed by atoms with Crippen molar-refractivity contribution in [1.82, 2.24) is 4.90 Å². The van der Waals surface area contributed by atoms with E-state index in [1.165, 1.54) is 4.90 Å². The molecule has 5 nitrogen and oxygen atoms in total. The van der Waals surface area contributed by atoms with E-state index in [-0.39, 0.29) is 23.8 Å². The Morgan fingerprint density at radius 3 is 2.30 bits per heavy atom. The van der Waals surface area contributed by atoms with Crippen LogP contribution in [0.25, 0.3) is 0 Å². The molecule has 0 unspecified atom stereocenters. The average molecular weight is 362 g/mol. The maximum Gasteiger partial charge on any atom is 0.261 e. The second kappa shape index (κ2) is 6.99. The average Bonchev–Trinajstić information content (AvgIpc) is 2.94. The zero-order valence-electron chi connectivity index (χ0n) is 15.3. The van der Waals surface area contributed by atoms with Crippen molar-refractivity contribution in [1.29, 1.82) is 0 Å². The van der Waals surface area contributed by atoms with E-state index >= 15 is 0 Å². The Hall–Kier alpha value is -2.95. The van der Waals surface area contributed by atoms with E-state index in [1.807, 2.05) is 31.2 Å². The number of carbonyl (C=O) groups is 3. The summed E-state index contributed by atoms with van der Waals surface area (Å²) in [5, 5.41) is 2.83. The minimum absolute atomic E-state index is 0.0176. The Balaban J connectivity index is 1.57. The summed E-state index contributed by atoms with van der Waals surface area (Å²) in [5.41, 5.74) is 2.91. The number of rotatable bonds is 3. The first kappa shape index (κ1) is 17.5. The molecule has 2 aromatic carbocycles. The van der Waals surface area contributed by atoms with Crippen LogP contribution in [-0.2, 0) is 0 Å². The molecule has 0 saturated heterocycles. The fourth-order valence-electron chi connectivity index (χ4n) is 3.91. The van der Waals surface area contributed by atoms with E-state index in [0.717, 1.165) is 37.7 Å². The highest BCUT2D eigenvalue weighted by molar-refractivity contribution is 6.22. The van der Waals surface area contributed by atoms with Crippen molar-refractivity contribution in [2.75, 3.05) is 5.32 Å². The number of carbonyl (C=O) groups excluding carboxylic acids is 3. The highest BCUT2D eigenvalue weighted by Gasteiger charge is 2.40. The van der Waals surface area contributed by atoms with E-state index in [0.29, 0.717) is 22.4 Å². The maximum atomic E-state index is 12.9. The van der Waals surface area contributed by atoms with E-state index in [9.17, 15) is 14.4 Å². The van der Waals surface area contributed by atoms with Crippen molar-refractivity contribution in [3.8, 4) is 0 Å². The summed E-state index contributed by atoms with van der Waals surface area (Å²) in [6.07, 6.45) is 4.98. The summed E-state index contributed by atoms with van der Waals surface area (Å²) in [7, 11) is 0. The first-order chi connectivity index (χ1) is 13.0. The summed E-state index contributed by atoms with van der Waals surface area (Å²) in [6.45, 7) is 1.98. The van der Waals surface area contributed by atoms with Gasteiger partial charge < -0.3 is 5.32 Å². The van der Waals surface area contributed by atoms with Crippen LogP contribution in [0.5, 0.6) is 0 Å². The number of fused-ring (bicyclic) bond motifs is 1. The van der Waals surface area contributed by atoms with Gasteiger partial charge in [-0.1, -0.05) is 37.0 Å². The number of hydrogen-bond donors (Lipinski definition) is 1. The van der Waals surface area contributed by atoms with Crippen LogP contribution in [-0.4, -0.2) is 28.7 Å². The molecular weight excluding hydrogens is 340 g/mol. The standard InChI is InChI=1S/C22H22N2O3/c1-14-7-10-16(11-8-14)23-20(25)15-9-12-18-19(13-15)22(27)24(21(18)26)17-5-3-2-4-6-17/h7-13,17H,2-6H2,1H3,(H,23,25).